The van der Waals surface area contributed by atoms with E-state index in [0.29, 0.717) is 17.4 Å². The van der Waals surface area contributed by atoms with Crippen LogP contribution in [0, 0.1) is 0 Å². The van der Waals surface area contributed by atoms with Gasteiger partial charge in [0.05, 0.1) is 0 Å². The molecule has 2 heterocycles. The Bertz CT molecular complexity index is 1310. The molecule has 0 aromatic heterocycles. The number of hydrogen-bond acceptors (Lipinski definition) is 4. The van der Waals surface area contributed by atoms with E-state index in [-0.39, 0.29) is 5.54 Å². The van der Waals surface area contributed by atoms with Crippen LogP contribution in [-0.2, 0) is 13.3 Å². The predicted molar refractivity (Wildman–Crippen MR) is 187 cm³/mol. The van der Waals surface area contributed by atoms with E-state index in [1.54, 1.807) is 0 Å². The molecule has 0 spiro atoms. The summed E-state index contributed by atoms with van der Waals surface area (Å²) in [6.45, 7) is 14.5. The van der Waals surface area contributed by atoms with Gasteiger partial charge in [-0.05, 0) is 0 Å². The maximum atomic E-state index is 7.21. The molecule has 0 amide bonds. The van der Waals surface area contributed by atoms with Gasteiger partial charge in [0.15, 0.2) is 0 Å². The zero-order valence-electron chi connectivity index (χ0n) is 28.0. The number of para-hydroxylation sites is 2. The molecule has 0 saturated carbocycles. The van der Waals surface area contributed by atoms with Crippen LogP contribution in [0.4, 0.5) is 0 Å². The van der Waals surface area contributed by atoms with E-state index in [1.807, 2.05) is 24.3 Å². The number of benzene rings is 3. The Balaban J connectivity index is 1.42. The van der Waals surface area contributed by atoms with E-state index in [0.717, 1.165) is 30.5 Å². The summed E-state index contributed by atoms with van der Waals surface area (Å²) in [6.07, 6.45) is 9.38. The number of ether oxygens (including phenoxy) is 1. The summed E-state index contributed by atoms with van der Waals surface area (Å²) < 4.78 is 31.1. The van der Waals surface area contributed by atoms with Crippen molar-refractivity contribution in [3.05, 3.63) is 109 Å². The molecule has 2 saturated heterocycles. The van der Waals surface area contributed by atoms with Crippen LogP contribution in [0.5, 0.6) is 11.5 Å². The molecule has 0 radical (unpaired) electrons. The van der Waals surface area contributed by atoms with Gasteiger partial charge in [0.1, 0.15) is 0 Å². The van der Waals surface area contributed by atoms with Crippen LogP contribution in [0.25, 0.3) is 0 Å². The number of quaternary nitrogens is 1. The quantitative estimate of drug-likeness (QED) is 0.112. The summed E-state index contributed by atoms with van der Waals surface area (Å²) in [5, 5.41) is 0. The van der Waals surface area contributed by atoms with Crippen LogP contribution < -0.4 is 14.2 Å². The summed E-state index contributed by atoms with van der Waals surface area (Å²) in [7, 11) is -0.506. The molecular formula is C38H53BNO4Sn+. The summed E-state index contributed by atoms with van der Waals surface area (Å²) in [5.41, 5.74) is 1.45. The normalized spacial score (nSPS) is 20.5. The summed E-state index contributed by atoms with van der Waals surface area (Å²) in [6, 6.07) is 29.3. The van der Waals surface area contributed by atoms with Crippen LogP contribution in [0.3, 0.4) is 0 Å². The van der Waals surface area contributed by atoms with E-state index < -0.39 is 31.6 Å². The van der Waals surface area contributed by atoms with Gasteiger partial charge < -0.3 is 0 Å². The molecule has 3 aromatic rings. The third kappa shape index (κ3) is 7.13. The molecule has 5 rings (SSSR count). The van der Waals surface area contributed by atoms with E-state index in [2.05, 4.69) is 94.9 Å². The van der Waals surface area contributed by atoms with Crippen LogP contribution in [-0.4, -0.2) is 38.1 Å². The summed E-state index contributed by atoms with van der Waals surface area (Å²) in [4.78, 5) is 1.31. The minimum absolute atomic E-state index is 0.214. The Hall–Kier alpha value is -2.42. The second-order valence-electron chi connectivity index (χ2n) is 13.2. The first kappa shape index (κ1) is 33.9. The number of rotatable bonds is 17. The standard InChI is InChI=1S/C26H26BNO4.3C4H9.Sn/c1-20(29)30-23-16-9-10-17-24(23)31-27-28-19-11-18-25(28,2)26(32-27,21-12-5-3-6-13-21)22-14-7-4-8-15-22;3*1-3-4-2;/h3-10,12-17,29H,1,11,18-19H2,2H3;3*1,3-4H2,2H3;/q;;;;+1/t25-;;;;/m0..../s1. The molecule has 45 heavy (non-hydrogen) atoms. The van der Waals surface area contributed by atoms with Gasteiger partial charge in [-0.15, -0.1) is 0 Å². The van der Waals surface area contributed by atoms with Gasteiger partial charge >= 0.3 is 266 Å². The average molecular weight is 717 g/mol. The Labute approximate surface area is 276 Å². The van der Waals surface area contributed by atoms with Crippen molar-refractivity contribution in [2.45, 2.75) is 104 Å². The van der Waals surface area contributed by atoms with Gasteiger partial charge in [-0.3, -0.25) is 0 Å². The molecule has 2 fully saturated rings. The Kier molecular flexibility index (Phi) is 11.6. The topological polar surface area (TPSA) is 41.4 Å². The van der Waals surface area contributed by atoms with E-state index >= 15 is 0 Å². The molecule has 7 heteroatoms. The number of fused-ring (bicyclic) bond motifs is 1. The number of unbranched alkanes of at least 4 members (excludes halogenated alkanes) is 3. The van der Waals surface area contributed by atoms with Crippen LogP contribution in [0.15, 0.2) is 97.5 Å². The Morgan fingerprint density at radius 1 is 0.800 bits per heavy atom. The molecule has 0 aliphatic carbocycles. The predicted octanol–water partition coefficient (Wildman–Crippen LogP) is 8.67. The molecule has 0 bridgehead atoms. The Morgan fingerprint density at radius 2 is 1.31 bits per heavy atom. The van der Waals surface area contributed by atoms with Gasteiger partial charge in [-0.1, -0.05) is 12.1 Å². The Morgan fingerprint density at radius 3 is 1.84 bits per heavy atom. The van der Waals surface area contributed by atoms with Gasteiger partial charge in [-0.2, -0.15) is 0 Å². The second-order valence-corrected chi connectivity index (χ2v) is 24.8. The summed E-state index contributed by atoms with van der Waals surface area (Å²) >= 11 is -2.96. The molecule has 2 aliphatic heterocycles. The van der Waals surface area contributed by atoms with Gasteiger partial charge in [0, 0.05) is 0 Å². The molecule has 240 valence electrons. The maximum absolute atomic E-state index is 7.21. The molecule has 2 aliphatic rings. The molecule has 3 aromatic carbocycles. The molecule has 1 N–H and O–H groups in total. The van der Waals surface area contributed by atoms with Crippen molar-refractivity contribution < 1.29 is 21.9 Å². The van der Waals surface area contributed by atoms with Gasteiger partial charge in [0.25, 0.3) is 0 Å². The van der Waals surface area contributed by atoms with E-state index in [4.69, 9.17) is 17.1 Å². The number of hydrogen-bond donors (Lipinski definition) is 1. The van der Waals surface area contributed by atoms with Crippen molar-refractivity contribution in [2.24, 2.45) is 0 Å². The van der Waals surface area contributed by atoms with E-state index in [1.165, 1.54) is 56.6 Å². The fourth-order valence-electron chi connectivity index (χ4n) is 7.75. The monoisotopic (exact) mass is 718 g/mol. The van der Waals surface area contributed by atoms with Gasteiger partial charge in [0.2, 0.25) is 0 Å². The van der Waals surface area contributed by atoms with Crippen LogP contribution in [0.2, 0.25) is 13.3 Å². The van der Waals surface area contributed by atoms with Crippen molar-refractivity contribution in [2.75, 3.05) is 6.54 Å². The second kappa shape index (κ2) is 15.4. The molecule has 2 atom stereocenters. The zero-order valence-corrected chi connectivity index (χ0v) is 30.8. The van der Waals surface area contributed by atoms with Crippen LogP contribution >= 0.6 is 0 Å². The van der Waals surface area contributed by atoms with Crippen molar-refractivity contribution in [3.8, 4) is 11.5 Å². The third-order valence-corrected chi connectivity index (χ3v) is 22.8. The molecule has 5 nitrogen and oxygen atoms in total. The number of nitrogens with one attached hydrogen (secondary N) is 1. The first-order valence-electron chi connectivity index (χ1n) is 17.4. The minimum atomic E-state index is -2.96. The molecular weight excluding hydrogens is 664 g/mol. The van der Waals surface area contributed by atoms with Crippen LogP contribution in [0.1, 0.15) is 90.2 Å². The average Bonchev–Trinajstić information content (AvgIpc) is 3.57. The fourth-order valence-corrected chi connectivity index (χ4v) is 20.8. The third-order valence-electron chi connectivity index (χ3n) is 10.1. The zero-order chi connectivity index (χ0) is 31.8. The van der Waals surface area contributed by atoms with Crippen molar-refractivity contribution in [1.82, 2.24) is 0 Å². The van der Waals surface area contributed by atoms with Crippen molar-refractivity contribution in [3.63, 3.8) is 0 Å². The molecule has 1 unspecified atom stereocenters. The van der Waals surface area contributed by atoms with Crippen molar-refractivity contribution >= 4 is 26.0 Å². The van der Waals surface area contributed by atoms with Gasteiger partial charge in [-0.25, -0.2) is 0 Å². The van der Waals surface area contributed by atoms with E-state index in [9.17, 15) is 0 Å². The SMILES string of the molecule is C=C(Oc1ccccc1OB1OC(c2ccccc2)(c2ccccc2)[C@]2(C)CCC[NH+]12)[O][Sn]([CH2]CCC)([CH2]CCC)[CH2]CCC. The summed E-state index contributed by atoms with van der Waals surface area (Å²) in [5.74, 6) is 1.71. The van der Waals surface area contributed by atoms with Crippen molar-refractivity contribution in [1.29, 1.82) is 0 Å². The first-order chi connectivity index (χ1) is 21.9. The first-order valence-corrected chi connectivity index (χ1v) is 24.6. The fraction of sp³-hybridized carbons (Fsp3) is 0.474.